The summed E-state index contributed by atoms with van der Waals surface area (Å²) in [7, 11) is 0. The van der Waals surface area contributed by atoms with Crippen LogP contribution in [0.5, 0.6) is 0 Å². The Hall–Kier alpha value is -1.81. The molecular weight excluding hydrogens is 243 g/mol. The predicted octanol–water partition coefficient (Wildman–Crippen LogP) is 2.69. The molecule has 0 unspecified atom stereocenters. The molecule has 0 amide bonds. The fourth-order valence-corrected chi connectivity index (χ4v) is 1.62. The summed E-state index contributed by atoms with van der Waals surface area (Å²) in [5, 5.41) is 0.243. The molecule has 1 aromatic heterocycles. The van der Waals surface area contributed by atoms with E-state index in [0.717, 1.165) is 0 Å². The van der Waals surface area contributed by atoms with Crippen molar-refractivity contribution in [1.29, 1.82) is 0 Å². The van der Waals surface area contributed by atoms with Crippen LogP contribution in [0.2, 0.25) is 5.02 Å². The van der Waals surface area contributed by atoms with Gasteiger partial charge in [-0.3, -0.25) is 4.79 Å². The average molecular weight is 251 g/mol. The lowest BCUT2D eigenvalue weighted by atomic mass is 10.1. The fourth-order valence-electron chi connectivity index (χ4n) is 1.38. The third kappa shape index (κ3) is 2.85. The molecule has 0 aliphatic rings. The highest BCUT2D eigenvalue weighted by atomic mass is 35.5. The summed E-state index contributed by atoms with van der Waals surface area (Å²) in [5.41, 5.74) is 0.900. The van der Waals surface area contributed by atoms with E-state index in [9.17, 15) is 9.18 Å². The quantitative estimate of drug-likeness (QED) is 0.787. The van der Waals surface area contributed by atoms with Gasteiger partial charge in [0.15, 0.2) is 5.78 Å². The molecule has 5 heteroatoms. The summed E-state index contributed by atoms with van der Waals surface area (Å²) < 4.78 is 12.8. The molecule has 0 radical (unpaired) electrons. The highest BCUT2D eigenvalue weighted by Gasteiger charge is 2.11. The molecule has 2 rings (SSSR count). The molecule has 0 saturated carbocycles. The molecule has 2 aromatic rings. The van der Waals surface area contributed by atoms with Crippen molar-refractivity contribution in [2.75, 3.05) is 0 Å². The van der Waals surface area contributed by atoms with E-state index in [2.05, 4.69) is 9.97 Å². The van der Waals surface area contributed by atoms with E-state index < -0.39 is 5.82 Å². The number of ketones is 1. The average Bonchev–Trinajstić information content (AvgIpc) is 2.34. The zero-order chi connectivity index (χ0) is 12.3. The largest absolute Gasteiger partial charge is 0.292 e. The first-order valence-electron chi connectivity index (χ1n) is 4.90. The van der Waals surface area contributed by atoms with Gasteiger partial charge in [-0.05, 0) is 23.8 Å². The Labute approximate surface area is 102 Å². The lowest BCUT2D eigenvalue weighted by Gasteiger charge is -2.03. The van der Waals surface area contributed by atoms with E-state index in [-0.39, 0.29) is 17.2 Å². The van der Waals surface area contributed by atoms with Crippen molar-refractivity contribution in [3.8, 4) is 0 Å². The van der Waals surface area contributed by atoms with E-state index in [4.69, 9.17) is 11.6 Å². The third-order valence-corrected chi connectivity index (χ3v) is 2.59. The van der Waals surface area contributed by atoms with Gasteiger partial charge in [0.2, 0.25) is 0 Å². The minimum atomic E-state index is -0.423. The second kappa shape index (κ2) is 5.01. The number of hydrogen-bond acceptors (Lipinski definition) is 3. The predicted molar refractivity (Wildman–Crippen MR) is 61.5 cm³/mol. The monoisotopic (exact) mass is 250 g/mol. The number of Topliss-reactive ketones (excluding diaryl/α,β-unsaturated/α-hetero) is 1. The van der Waals surface area contributed by atoms with E-state index in [1.807, 2.05) is 0 Å². The first-order valence-corrected chi connectivity index (χ1v) is 5.28. The van der Waals surface area contributed by atoms with Gasteiger partial charge in [0.05, 0.1) is 0 Å². The Kier molecular flexibility index (Phi) is 3.44. The standard InChI is InChI=1S/C12H8ClFN2O/c13-10-6-9(14)2-1-8(10)5-12(17)11-3-4-15-7-16-11/h1-4,6-7H,5H2. The van der Waals surface area contributed by atoms with E-state index in [0.29, 0.717) is 11.3 Å². The number of aromatic nitrogens is 2. The van der Waals surface area contributed by atoms with Crippen LogP contribution in [0.4, 0.5) is 4.39 Å². The number of benzene rings is 1. The Morgan fingerprint density at radius 1 is 1.35 bits per heavy atom. The molecule has 0 spiro atoms. The Bertz CT molecular complexity index is 545. The molecule has 0 atom stereocenters. The first kappa shape index (κ1) is 11.7. The molecule has 1 aromatic carbocycles. The van der Waals surface area contributed by atoms with Crippen molar-refractivity contribution >= 4 is 17.4 Å². The lowest BCUT2D eigenvalue weighted by Crippen LogP contribution is -2.06. The van der Waals surface area contributed by atoms with Crippen LogP contribution in [0.3, 0.4) is 0 Å². The summed E-state index contributed by atoms with van der Waals surface area (Å²) in [4.78, 5) is 19.4. The van der Waals surface area contributed by atoms with Crippen molar-refractivity contribution in [2.24, 2.45) is 0 Å². The first-order chi connectivity index (χ1) is 8.16. The molecule has 0 bridgehead atoms. The van der Waals surface area contributed by atoms with Gasteiger partial charge >= 0.3 is 0 Å². The van der Waals surface area contributed by atoms with Crippen molar-refractivity contribution in [3.63, 3.8) is 0 Å². The van der Waals surface area contributed by atoms with Crippen LogP contribution in [0, 0.1) is 5.82 Å². The summed E-state index contributed by atoms with van der Waals surface area (Å²) >= 11 is 5.84. The molecule has 0 saturated heterocycles. The highest BCUT2D eigenvalue weighted by Crippen LogP contribution is 2.18. The molecule has 0 aliphatic heterocycles. The maximum Gasteiger partial charge on any atom is 0.185 e. The molecular formula is C12H8ClFN2O. The van der Waals surface area contributed by atoms with Gasteiger partial charge in [0, 0.05) is 17.6 Å². The van der Waals surface area contributed by atoms with Crippen LogP contribution >= 0.6 is 11.6 Å². The summed E-state index contributed by atoms with van der Waals surface area (Å²) in [5.74, 6) is -0.603. The molecule has 0 N–H and O–H groups in total. The highest BCUT2D eigenvalue weighted by molar-refractivity contribution is 6.31. The van der Waals surface area contributed by atoms with Crippen LogP contribution in [0.15, 0.2) is 36.8 Å². The fraction of sp³-hybridized carbons (Fsp3) is 0.0833. The molecule has 0 fully saturated rings. The summed E-state index contributed by atoms with van der Waals surface area (Å²) in [6.07, 6.45) is 2.89. The lowest BCUT2D eigenvalue weighted by molar-refractivity contribution is 0.0988. The Balaban J connectivity index is 2.19. The van der Waals surface area contributed by atoms with Gasteiger partial charge in [0.25, 0.3) is 0 Å². The van der Waals surface area contributed by atoms with Crippen LogP contribution in [-0.2, 0) is 6.42 Å². The minimum Gasteiger partial charge on any atom is -0.292 e. The summed E-state index contributed by atoms with van der Waals surface area (Å²) in [6.45, 7) is 0. The van der Waals surface area contributed by atoms with Crippen LogP contribution in [0.25, 0.3) is 0 Å². The van der Waals surface area contributed by atoms with E-state index in [1.54, 1.807) is 0 Å². The van der Waals surface area contributed by atoms with Crippen LogP contribution < -0.4 is 0 Å². The smallest absolute Gasteiger partial charge is 0.185 e. The zero-order valence-corrected chi connectivity index (χ0v) is 9.49. The molecule has 17 heavy (non-hydrogen) atoms. The van der Waals surface area contributed by atoms with Crippen LogP contribution in [0.1, 0.15) is 16.1 Å². The van der Waals surface area contributed by atoms with E-state index >= 15 is 0 Å². The third-order valence-electron chi connectivity index (χ3n) is 2.23. The number of nitrogens with zero attached hydrogens (tertiary/aromatic N) is 2. The van der Waals surface area contributed by atoms with Gasteiger partial charge in [0.1, 0.15) is 17.8 Å². The Morgan fingerprint density at radius 3 is 2.82 bits per heavy atom. The maximum absolute atomic E-state index is 12.8. The van der Waals surface area contributed by atoms with Gasteiger partial charge in [-0.1, -0.05) is 17.7 Å². The van der Waals surface area contributed by atoms with Gasteiger partial charge in [-0.2, -0.15) is 0 Å². The summed E-state index contributed by atoms with van der Waals surface area (Å²) in [6, 6.07) is 5.48. The SMILES string of the molecule is O=C(Cc1ccc(F)cc1Cl)c1ccncn1. The van der Waals surface area contributed by atoms with Crippen molar-refractivity contribution in [3.05, 3.63) is 58.9 Å². The Morgan fingerprint density at radius 2 is 2.18 bits per heavy atom. The second-order valence-corrected chi connectivity index (χ2v) is 3.84. The molecule has 1 heterocycles. The number of rotatable bonds is 3. The van der Waals surface area contributed by atoms with E-state index in [1.165, 1.54) is 36.8 Å². The van der Waals surface area contributed by atoms with Crippen molar-refractivity contribution in [1.82, 2.24) is 9.97 Å². The van der Waals surface area contributed by atoms with Gasteiger partial charge < -0.3 is 0 Å². The van der Waals surface area contributed by atoms with Gasteiger partial charge in [-0.15, -0.1) is 0 Å². The van der Waals surface area contributed by atoms with Crippen molar-refractivity contribution < 1.29 is 9.18 Å². The molecule has 86 valence electrons. The normalized spacial score (nSPS) is 10.2. The number of hydrogen-bond donors (Lipinski definition) is 0. The van der Waals surface area contributed by atoms with Gasteiger partial charge in [-0.25, -0.2) is 14.4 Å². The molecule has 0 aliphatic carbocycles. The molecule has 3 nitrogen and oxygen atoms in total. The second-order valence-electron chi connectivity index (χ2n) is 3.43. The maximum atomic E-state index is 12.8. The topological polar surface area (TPSA) is 42.9 Å². The minimum absolute atomic E-state index is 0.0934. The van der Waals surface area contributed by atoms with Crippen LogP contribution in [-0.4, -0.2) is 15.8 Å². The van der Waals surface area contributed by atoms with Crippen molar-refractivity contribution in [2.45, 2.75) is 6.42 Å². The zero-order valence-electron chi connectivity index (χ0n) is 8.73. The number of carbonyl (C=O) groups excluding carboxylic acids is 1. The number of halogens is 2. The number of carbonyl (C=O) groups is 1.